The van der Waals surface area contributed by atoms with Gasteiger partial charge < -0.3 is 15.4 Å². The normalized spacial score (nSPS) is 19.7. The van der Waals surface area contributed by atoms with Gasteiger partial charge in [-0.1, -0.05) is 6.07 Å². The van der Waals surface area contributed by atoms with Gasteiger partial charge in [0.05, 0.1) is 36.5 Å². The number of carbonyl (C=O) groups excluding carboxylic acids is 2. The van der Waals surface area contributed by atoms with Crippen LogP contribution in [0.15, 0.2) is 59.1 Å². The van der Waals surface area contributed by atoms with Gasteiger partial charge in [0.25, 0.3) is 0 Å². The van der Waals surface area contributed by atoms with E-state index >= 15 is 0 Å². The molecule has 0 radical (unpaired) electrons. The third-order valence-electron chi connectivity index (χ3n) is 4.94. The summed E-state index contributed by atoms with van der Waals surface area (Å²) in [5.41, 5.74) is 5.72. The molecule has 0 bridgehead atoms. The second-order valence-electron chi connectivity index (χ2n) is 6.81. The van der Waals surface area contributed by atoms with Crippen LogP contribution in [0.1, 0.15) is 24.0 Å². The molecule has 0 aromatic heterocycles. The van der Waals surface area contributed by atoms with Crippen LogP contribution in [-0.2, 0) is 11.3 Å². The molecule has 3 N–H and O–H groups in total. The van der Waals surface area contributed by atoms with Gasteiger partial charge in [0, 0.05) is 31.1 Å². The monoisotopic (exact) mass is 394 g/mol. The predicted molar refractivity (Wildman–Crippen MR) is 108 cm³/mol. The largest absolute Gasteiger partial charge is 0.334 e. The molecular formula is C19H18N6O2S. The van der Waals surface area contributed by atoms with Crippen LogP contribution >= 0.6 is 12.1 Å². The van der Waals surface area contributed by atoms with Gasteiger partial charge in [-0.2, -0.15) is 5.10 Å². The van der Waals surface area contributed by atoms with Crippen molar-refractivity contribution in [1.82, 2.24) is 19.4 Å². The molecule has 5 rings (SSSR count). The molecule has 0 saturated heterocycles. The lowest BCUT2D eigenvalue weighted by molar-refractivity contribution is -0.129. The Balaban J connectivity index is 1.29. The fourth-order valence-corrected chi connectivity index (χ4v) is 4.10. The van der Waals surface area contributed by atoms with E-state index in [2.05, 4.69) is 20.5 Å². The number of hydrazone groups is 1. The Bertz CT molecular complexity index is 996. The highest BCUT2D eigenvalue weighted by molar-refractivity contribution is 7.95. The van der Waals surface area contributed by atoms with Crippen molar-refractivity contribution in [3.8, 4) is 0 Å². The lowest BCUT2D eigenvalue weighted by Crippen LogP contribution is -2.33. The standard InChI is InChI=1S/C19H18N6O2S/c26-18(8-12-3-6-25-15(7-12)11-21-28-25)24-5-4-17(23-24)13-1-2-16-14(9-13)10-20-19(27)22-16/h1-3,6-7,9,11,21H,4-5,8,10H2,(H2,20,22,27). The zero-order valence-electron chi connectivity index (χ0n) is 14.9. The molecule has 0 unspecified atom stereocenters. The minimum Gasteiger partial charge on any atom is -0.334 e. The molecule has 9 heteroatoms. The topological polar surface area (TPSA) is 89.1 Å². The molecule has 8 nitrogen and oxygen atoms in total. The molecule has 28 heavy (non-hydrogen) atoms. The first-order valence-corrected chi connectivity index (χ1v) is 9.80. The number of carbonyl (C=O) groups is 2. The van der Waals surface area contributed by atoms with Gasteiger partial charge in [0.1, 0.15) is 0 Å². The minimum atomic E-state index is -0.188. The second kappa shape index (κ2) is 6.75. The first kappa shape index (κ1) is 16.9. The lowest BCUT2D eigenvalue weighted by atomic mass is 10.0. The average Bonchev–Trinajstić information content (AvgIpc) is 3.37. The summed E-state index contributed by atoms with van der Waals surface area (Å²) in [7, 11) is 0. The van der Waals surface area contributed by atoms with Crippen molar-refractivity contribution in [2.24, 2.45) is 5.10 Å². The third kappa shape index (κ3) is 3.13. The summed E-state index contributed by atoms with van der Waals surface area (Å²) in [6.07, 6.45) is 8.88. The Hall–Kier alpha value is -3.20. The summed E-state index contributed by atoms with van der Waals surface area (Å²) >= 11 is 1.49. The summed E-state index contributed by atoms with van der Waals surface area (Å²) in [6, 6.07) is 5.66. The summed E-state index contributed by atoms with van der Waals surface area (Å²) in [6.45, 7) is 1.08. The van der Waals surface area contributed by atoms with Crippen molar-refractivity contribution < 1.29 is 9.59 Å². The summed E-state index contributed by atoms with van der Waals surface area (Å²) in [5.74, 6) is -0.00884. The van der Waals surface area contributed by atoms with Crippen molar-refractivity contribution in [2.45, 2.75) is 19.4 Å². The Morgan fingerprint density at radius 1 is 1.32 bits per heavy atom. The van der Waals surface area contributed by atoms with Crippen LogP contribution in [0, 0.1) is 0 Å². The molecule has 0 saturated carbocycles. The maximum absolute atomic E-state index is 12.7. The van der Waals surface area contributed by atoms with Crippen molar-refractivity contribution in [2.75, 3.05) is 11.9 Å². The average molecular weight is 394 g/mol. The fraction of sp³-hybridized carbons (Fsp3) is 0.211. The Labute approximate surface area is 166 Å². The Kier molecular flexibility index (Phi) is 4.09. The molecule has 0 aliphatic carbocycles. The molecule has 0 spiro atoms. The highest BCUT2D eigenvalue weighted by Crippen LogP contribution is 2.29. The third-order valence-corrected chi connectivity index (χ3v) is 5.69. The van der Waals surface area contributed by atoms with Gasteiger partial charge >= 0.3 is 6.03 Å². The number of urea groups is 1. The molecular weight excluding hydrogens is 376 g/mol. The van der Waals surface area contributed by atoms with Crippen LogP contribution in [0.2, 0.25) is 0 Å². The van der Waals surface area contributed by atoms with Crippen LogP contribution < -0.4 is 15.4 Å². The number of benzene rings is 1. The van der Waals surface area contributed by atoms with E-state index in [1.165, 1.54) is 12.1 Å². The molecule has 0 fully saturated rings. The van der Waals surface area contributed by atoms with Gasteiger partial charge in [-0.15, -0.1) is 0 Å². The van der Waals surface area contributed by atoms with E-state index in [1.807, 2.05) is 47.1 Å². The number of amides is 3. The fourth-order valence-electron chi connectivity index (χ4n) is 3.48. The summed E-state index contributed by atoms with van der Waals surface area (Å²) in [5, 5.41) is 11.7. The van der Waals surface area contributed by atoms with E-state index in [9.17, 15) is 9.59 Å². The van der Waals surface area contributed by atoms with E-state index in [1.54, 1.807) is 5.01 Å². The van der Waals surface area contributed by atoms with E-state index in [-0.39, 0.29) is 11.9 Å². The summed E-state index contributed by atoms with van der Waals surface area (Å²) < 4.78 is 5.09. The molecule has 3 amide bonds. The van der Waals surface area contributed by atoms with Gasteiger partial charge in [-0.05, 0) is 41.0 Å². The van der Waals surface area contributed by atoms with Crippen molar-refractivity contribution in [1.29, 1.82) is 0 Å². The molecule has 1 aromatic carbocycles. The van der Waals surface area contributed by atoms with E-state index in [4.69, 9.17) is 0 Å². The highest BCUT2D eigenvalue weighted by atomic mass is 32.2. The second-order valence-corrected chi connectivity index (χ2v) is 7.62. The van der Waals surface area contributed by atoms with Gasteiger partial charge in [0.2, 0.25) is 5.91 Å². The molecule has 142 valence electrons. The molecule has 1 aromatic rings. The Morgan fingerprint density at radius 3 is 3.18 bits per heavy atom. The van der Waals surface area contributed by atoms with Gasteiger partial charge in [-0.25, -0.2) is 9.80 Å². The number of fused-ring (bicyclic) bond motifs is 2. The van der Waals surface area contributed by atoms with Crippen molar-refractivity contribution in [3.63, 3.8) is 0 Å². The molecule has 4 aliphatic heterocycles. The van der Waals surface area contributed by atoms with Crippen LogP contribution in [-0.4, -0.2) is 33.5 Å². The van der Waals surface area contributed by atoms with Crippen LogP contribution in [0.4, 0.5) is 10.5 Å². The SMILES string of the molecule is O=C1NCc2cc(C3=NN(C(=O)CC4=CC5=CNSN5C=C4)CC3)ccc2N1. The van der Waals surface area contributed by atoms with Crippen LogP contribution in [0.25, 0.3) is 0 Å². The maximum Gasteiger partial charge on any atom is 0.319 e. The quantitative estimate of drug-likeness (QED) is 0.685. The number of hydrogen-bond donors (Lipinski definition) is 3. The zero-order chi connectivity index (χ0) is 19.1. The Morgan fingerprint density at radius 2 is 2.25 bits per heavy atom. The lowest BCUT2D eigenvalue weighted by Gasteiger charge is -2.19. The van der Waals surface area contributed by atoms with E-state index in [0.717, 1.165) is 40.2 Å². The number of hydrogen-bond acceptors (Lipinski definition) is 6. The van der Waals surface area contributed by atoms with Crippen LogP contribution in [0.5, 0.6) is 0 Å². The maximum atomic E-state index is 12.7. The van der Waals surface area contributed by atoms with E-state index in [0.29, 0.717) is 19.5 Å². The van der Waals surface area contributed by atoms with E-state index < -0.39 is 0 Å². The number of nitrogens with one attached hydrogen (secondary N) is 3. The summed E-state index contributed by atoms with van der Waals surface area (Å²) in [4.78, 5) is 24.1. The zero-order valence-corrected chi connectivity index (χ0v) is 15.8. The number of nitrogens with zero attached hydrogens (tertiary/aromatic N) is 3. The first-order valence-electron chi connectivity index (χ1n) is 9.02. The van der Waals surface area contributed by atoms with Crippen LogP contribution in [0.3, 0.4) is 0 Å². The number of allylic oxidation sites excluding steroid dienone is 2. The minimum absolute atomic E-state index is 0.00884. The molecule has 4 heterocycles. The first-order chi connectivity index (χ1) is 13.7. The van der Waals surface area contributed by atoms with Gasteiger partial charge in [-0.3, -0.25) is 9.10 Å². The predicted octanol–water partition coefficient (Wildman–Crippen LogP) is 2.41. The molecule has 0 atom stereocenters. The van der Waals surface area contributed by atoms with Gasteiger partial charge in [0.15, 0.2) is 0 Å². The smallest absolute Gasteiger partial charge is 0.319 e. The number of anilines is 1. The number of rotatable bonds is 3. The molecule has 4 aliphatic rings. The van der Waals surface area contributed by atoms with Crippen molar-refractivity contribution >= 4 is 35.5 Å². The highest BCUT2D eigenvalue weighted by Gasteiger charge is 2.24. The van der Waals surface area contributed by atoms with Crippen molar-refractivity contribution in [3.05, 3.63) is 65.1 Å².